The van der Waals surface area contributed by atoms with Crippen LogP contribution in [0, 0.1) is 6.92 Å². The first kappa shape index (κ1) is 15.3. The van der Waals surface area contributed by atoms with Crippen LogP contribution in [0.25, 0.3) is 0 Å². The minimum absolute atomic E-state index is 0.340. The molecule has 1 N–H and O–H groups in total. The molecule has 1 fully saturated rings. The standard InChI is InChI=1S/C16H27N3O/c1-4-7-17-11-14-9-13(2)18-16(10-14)19-8-5-6-15(12-19)20-3/h9-10,15,17H,4-8,11-12H2,1-3H3. The van der Waals surface area contributed by atoms with Crippen molar-refractivity contribution in [2.75, 3.05) is 31.6 Å². The lowest BCUT2D eigenvalue weighted by Gasteiger charge is -2.33. The van der Waals surface area contributed by atoms with Crippen molar-refractivity contribution in [3.05, 3.63) is 23.4 Å². The van der Waals surface area contributed by atoms with E-state index in [2.05, 4.69) is 36.2 Å². The average Bonchev–Trinajstić information content (AvgIpc) is 2.47. The number of nitrogens with one attached hydrogen (secondary N) is 1. The van der Waals surface area contributed by atoms with E-state index in [-0.39, 0.29) is 0 Å². The quantitative estimate of drug-likeness (QED) is 0.811. The second-order valence-electron chi connectivity index (χ2n) is 5.60. The molecule has 1 unspecified atom stereocenters. The number of rotatable bonds is 6. The number of hydrogen-bond donors (Lipinski definition) is 1. The molecule has 4 nitrogen and oxygen atoms in total. The molecule has 1 aromatic heterocycles. The summed E-state index contributed by atoms with van der Waals surface area (Å²) in [6.45, 7) is 8.28. The van der Waals surface area contributed by atoms with E-state index in [1.807, 2.05) is 0 Å². The van der Waals surface area contributed by atoms with Gasteiger partial charge in [0.15, 0.2) is 0 Å². The largest absolute Gasteiger partial charge is 0.380 e. The molecule has 0 bridgehead atoms. The Balaban J connectivity index is 2.06. The predicted octanol–water partition coefficient (Wildman–Crippen LogP) is 2.50. The Bertz CT molecular complexity index is 422. The van der Waals surface area contributed by atoms with Crippen molar-refractivity contribution in [1.82, 2.24) is 10.3 Å². The Hall–Kier alpha value is -1.13. The number of anilines is 1. The summed E-state index contributed by atoms with van der Waals surface area (Å²) in [7, 11) is 1.80. The van der Waals surface area contributed by atoms with Crippen LogP contribution >= 0.6 is 0 Å². The lowest BCUT2D eigenvalue weighted by molar-refractivity contribution is 0.0891. The zero-order chi connectivity index (χ0) is 14.4. The molecule has 0 saturated carbocycles. The topological polar surface area (TPSA) is 37.4 Å². The van der Waals surface area contributed by atoms with Gasteiger partial charge in [-0.2, -0.15) is 0 Å². The number of piperidine rings is 1. The molecule has 0 spiro atoms. The smallest absolute Gasteiger partial charge is 0.129 e. The Labute approximate surface area is 122 Å². The van der Waals surface area contributed by atoms with E-state index in [9.17, 15) is 0 Å². The highest BCUT2D eigenvalue weighted by molar-refractivity contribution is 5.43. The minimum atomic E-state index is 0.340. The first-order chi connectivity index (χ1) is 9.72. The summed E-state index contributed by atoms with van der Waals surface area (Å²) in [5.41, 5.74) is 2.41. The van der Waals surface area contributed by atoms with Crippen molar-refractivity contribution in [3.8, 4) is 0 Å². The van der Waals surface area contributed by atoms with Crippen LogP contribution in [-0.4, -0.2) is 37.8 Å². The summed E-state index contributed by atoms with van der Waals surface area (Å²) in [6.07, 6.45) is 3.84. The van der Waals surface area contributed by atoms with Gasteiger partial charge in [-0.3, -0.25) is 0 Å². The second-order valence-corrected chi connectivity index (χ2v) is 5.60. The van der Waals surface area contributed by atoms with Crippen LogP contribution in [-0.2, 0) is 11.3 Å². The Morgan fingerprint density at radius 2 is 2.30 bits per heavy atom. The summed E-state index contributed by atoms with van der Waals surface area (Å²) in [5, 5.41) is 3.46. The van der Waals surface area contributed by atoms with E-state index in [4.69, 9.17) is 9.72 Å². The van der Waals surface area contributed by atoms with E-state index in [1.54, 1.807) is 7.11 Å². The molecule has 1 aromatic rings. The molecule has 1 aliphatic rings. The fourth-order valence-corrected chi connectivity index (χ4v) is 2.73. The summed E-state index contributed by atoms with van der Waals surface area (Å²) < 4.78 is 5.50. The summed E-state index contributed by atoms with van der Waals surface area (Å²) >= 11 is 0. The highest BCUT2D eigenvalue weighted by atomic mass is 16.5. The van der Waals surface area contributed by atoms with Gasteiger partial charge in [0.25, 0.3) is 0 Å². The lowest BCUT2D eigenvalue weighted by atomic mass is 10.1. The van der Waals surface area contributed by atoms with E-state index in [0.717, 1.165) is 44.1 Å². The molecule has 4 heteroatoms. The third-order valence-corrected chi connectivity index (χ3v) is 3.79. The number of nitrogens with zero attached hydrogens (tertiary/aromatic N) is 2. The van der Waals surface area contributed by atoms with Crippen molar-refractivity contribution < 1.29 is 4.74 Å². The molecular formula is C16H27N3O. The van der Waals surface area contributed by atoms with Gasteiger partial charge >= 0.3 is 0 Å². The Morgan fingerprint density at radius 3 is 3.05 bits per heavy atom. The molecule has 1 atom stereocenters. The number of pyridine rings is 1. The third-order valence-electron chi connectivity index (χ3n) is 3.79. The monoisotopic (exact) mass is 277 g/mol. The van der Waals surface area contributed by atoms with Crippen LogP contribution in [0.5, 0.6) is 0 Å². The molecule has 2 rings (SSSR count). The maximum absolute atomic E-state index is 5.50. The van der Waals surface area contributed by atoms with Crippen LogP contribution in [0.1, 0.15) is 37.4 Å². The molecule has 20 heavy (non-hydrogen) atoms. The summed E-state index contributed by atoms with van der Waals surface area (Å²) in [6, 6.07) is 4.39. The zero-order valence-corrected chi connectivity index (χ0v) is 13.0. The maximum Gasteiger partial charge on any atom is 0.129 e. The van der Waals surface area contributed by atoms with Gasteiger partial charge in [-0.25, -0.2) is 4.98 Å². The van der Waals surface area contributed by atoms with Crippen molar-refractivity contribution in [2.24, 2.45) is 0 Å². The normalized spacial score (nSPS) is 19.4. The van der Waals surface area contributed by atoms with Crippen LogP contribution in [0.4, 0.5) is 5.82 Å². The van der Waals surface area contributed by atoms with Crippen LogP contribution in [0.2, 0.25) is 0 Å². The molecule has 1 aliphatic heterocycles. The van der Waals surface area contributed by atoms with Gasteiger partial charge in [0.1, 0.15) is 5.82 Å². The summed E-state index contributed by atoms with van der Waals surface area (Å²) in [5.74, 6) is 1.10. The number of methoxy groups -OCH3 is 1. The lowest BCUT2D eigenvalue weighted by Crippen LogP contribution is -2.39. The van der Waals surface area contributed by atoms with Gasteiger partial charge in [-0.15, -0.1) is 0 Å². The van der Waals surface area contributed by atoms with Gasteiger partial charge in [-0.05, 0) is 50.4 Å². The second kappa shape index (κ2) is 7.60. The van der Waals surface area contributed by atoms with E-state index >= 15 is 0 Å². The molecule has 0 amide bonds. The van der Waals surface area contributed by atoms with Crippen LogP contribution in [0.3, 0.4) is 0 Å². The van der Waals surface area contributed by atoms with Gasteiger partial charge in [0, 0.05) is 32.4 Å². The van der Waals surface area contributed by atoms with Crippen molar-refractivity contribution in [2.45, 2.75) is 45.8 Å². The van der Waals surface area contributed by atoms with Crippen LogP contribution < -0.4 is 10.2 Å². The van der Waals surface area contributed by atoms with Gasteiger partial charge in [0.2, 0.25) is 0 Å². The average molecular weight is 277 g/mol. The zero-order valence-electron chi connectivity index (χ0n) is 13.0. The highest BCUT2D eigenvalue weighted by Crippen LogP contribution is 2.21. The fraction of sp³-hybridized carbons (Fsp3) is 0.688. The summed E-state index contributed by atoms with van der Waals surface area (Å²) in [4.78, 5) is 7.05. The predicted molar refractivity (Wildman–Crippen MR) is 83.2 cm³/mol. The van der Waals surface area contributed by atoms with Gasteiger partial charge in [0.05, 0.1) is 6.10 Å². The van der Waals surface area contributed by atoms with Crippen molar-refractivity contribution in [3.63, 3.8) is 0 Å². The molecule has 2 heterocycles. The maximum atomic E-state index is 5.50. The van der Waals surface area contributed by atoms with E-state index in [0.29, 0.717) is 6.10 Å². The fourth-order valence-electron chi connectivity index (χ4n) is 2.73. The van der Waals surface area contributed by atoms with Crippen molar-refractivity contribution >= 4 is 5.82 Å². The molecule has 1 saturated heterocycles. The van der Waals surface area contributed by atoms with Crippen molar-refractivity contribution in [1.29, 1.82) is 0 Å². The first-order valence-electron chi connectivity index (χ1n) is 7.69. The first-order valence-corrected chi connectivity index (χ1v) is 7.69. The molecule has 112 valence electrons. The van der Waals surface area contributed by atoms with Gasteiger partial charge < -0.3 is 15.0 Å². The molecular weight excluding hydrogens is 250 g/mol. The molecule has 0 radical (unpaired) electrons. The van der Waals surface area contributed by atoms with E-state index < -0.39 is 0 Å². The number of aryl methyl sites for hydroxylation is 1. The van der Waals surface area contributed by atoms with Crippen LogP contribution in [0.15, 0.2) is 12.1 Å². The third kappa shape index (κ3) is 4.18. The number of aromatic nitrogens is 1. The van der Waals surface area contributed by atoms with Gasteiger partial charge in [-0.1, -0.05) is 6.92 Å². The van der Waals surface area contributed by atoms with E-state index in [1.165, 1.54) is 18.4 Å². The number of ether oxygens (including phenoxy) is 1. The SMILES string of the molecule is CCCNCc1cc(C)nc(N2CCCC(OC)C2)c1. The molecule has 0 aromatic carbocycles. The Kier molecular flexibility index (Phi) is 5.80. The highest BCUT2D eigenvalue weighted by Gasteiger charge is 2.20. The minimum Gasteiger partial charge on any atom is -0.380 e. The number of hydrogen-bond acceptors (Lipinski definition) is 4. The molecule has 0 aliphatic carbocycles. The Morgan fingerprint density at radius 1 is 1.45 bits per heavy atom.